The zero-order valence-electron chi connectivity index (χ0n) is 18.1. The summed E-state index contributed by atoms with van der Waals surface area (Å²) in [5, 5.41) is 0. The van der Waals surface area contributed by atoms with Gasteiger partial charge < -0.3 is 9.32 Å². The standard InChI is InChI=1S/C25H22FN3O4S/c26-19-8-10-20(11-9-19)28-34(31,32)21-5-3-4-18(16-21)25(30)29-14-12-17(13-15-29)24-27-22-6-1-2-7-23(22)33-24/h1-11,16-17,28H,12-15H2. The van der Waals surface area contributed by atoms with Crippen LogP contribution in [0.4, 0.5) is 10.1 Å². The highest BCUT2D eigenvalue weighted by molar-refractivity contribution is 7.92. The first-order valence-electron chi connectivity index (χ1n) is 10.9. The summed E-state index contributed by atoms with van der Waals surface area (Å²) >= 11 is 0. The molecule has 34 heavy (non-hydrogen) atoms. The van der Waals surface area contributed by atoms with Crippen LogP contribution in [-0.2, 0) is 10.0 Å². The summed E-state index contributed by atoms with van der Waals surface area (Å²) in [7, 11) is -3.93. The summed E-state index contributed by atoms with van der Waals surface area (Å²) in [6, 6.07) is 18.5. The van der Waals surface area contributed by atoms with Crippen LogP contribution >= 0.6 is 0 Å². The lowest BCUT2D eigenvalue weighted by molar-refractivity contribution is 0.0706. The minimum absolute atomic E-state index is 0.0379. The molecule has 1 aromatic heterocycles. The minimum atomic E-state index is -3.93. The molecule has 7 nitrogen and oxygen atoms in total. The molecule has 1 saturated heterocycles. The Kier molecular flexibility index (Phi) is 5.79. The Labute approximate surface area is 196 Å². The van der Waals surface area contributed by atoms with Gasteiger partial charge >= 0.3 is 0 Å². The normalized spacial score (nSPS) is 14.9. The van der Waals surface area contributed by atoms with Crippen LogP contribution in [0.15, 0.2) is 82.1 Å². The monoisotopic (exact) mass is 479 g/mol. The third-order valence-corrected chi connectivity index (χ3v) is 7.31. The van der Waals surface area contributed by atoms with E-state index in [1.54, 1.807) is 11.0 Å². The molecule has 174 valence electrons. The maximum Gasteiger partial charge on any atom is 0.261 e. The number of nitrogens with zero attached hydrogens (tertiary/aromatic N) is 2. The van der Waals surface area contributed by atoms with Crippen molar-refractivity contribution in [2.24, 2.45) is 0 Å². The smallest absolute Gasteiger partial charge is 0.261 e. The van der Waals surface area contributed by atoms with E-state index in [0.717, 1.165) is 11.1 Å². The Balaban J connectivity index is 1.27. The van der Waals surface area contributed by atoms with E-state index in [1.165, 1.54) is 42.5 Å². The highest BCUT2D eigenvalue weighted by atomic mass is 32.2. The van der Waals surface area contributed by atoms with Crippen molar-refractivity contribution in [3.63, 3.8) is 0 Å². The quantitative estimate of drug-likeness (QED) is 0.444. The van der Waals surface area contributed by atoms with E-state index < -0.39 is 15.8 Å². The summed E-state index contributed by atoms with van der Waals surface area (Å²) in [5.74, 6) is 0.126. The number of benzene rings is 3. The maximum absolute atomic E-state index is 13.1. The molecule has 5 rings (SSSR count). The minimum Gasteiger partial charge on any atom is -0.440 e. The van der Waals surface area contributed by atoms with Gasteiger partial charge in [0.05, 0.1) is 4.90 Å². The summed E-state index contributed by atoms with van der Waals surface area (Å²) in [4.78, 5) is 19.3. The first-order chi connectivity index (χ1) is 16.4. The molecule has 0 atom stereocenters. The van der Waals surface area contributed by atoms with Gasteiger partial charge in [-0.15, -0.1) is 0 Å². The van der Waals surface area contributed by atoms with Gasteiger partial charge in [-0.1, -0.05) is 18.2 Å². The predicted molar refractivity (Wildman–Crippen MR) is 126 cm³/mol. The molecular weight excluding hydrogens is 457 g/mol. The number of rotatable bonds is 5. The van der Waals surface area contributed by atoms with Gasteiger partial charge in [-0.2, -0.15) is 0 Å². The number of sulfonamides is 1. The third kappa shape index (κ3) is 4.51. The van der Waals surface area contributed by atoms with Gasteiger partial charge in [0, 0.05) is 30.3 Å². The molecule has 2 heterocycles. The predicted octanol–water partition coefficient (Wildman–Crippen LogP) is 4.79. The van der Waals surface area contributed by atoms with Crippen LogP contribution in [0.5, 0.6) is 0 Å². The van der Waals surface area contributed by atoms with Gasteiger partial charge in [-0.05, 0) is 67.4 Å². The fourth-order valence-corrected chi connectivity index (χ4v) is 5.21. The van der Waals surface area contributed by atoms with Gasteiger partial charge in [0.1, 0.15) is 11.3 Å². The molecule has 0 saturated carbocycles. The van der Waals surface area contributed by atoms with Gasteiger partial charge in [0.2, 0.25) is 0 Å². The molecule has 1 amide bonds. The Hall–Kier alpha value is -3.72. The molecular formula is C25H22FN3O4S. The number of hydrogen-bond acceptors (Lipinski definition) is 5. The number of hydrogen-bond donors (Lipinski definition) is 1. The van der Waals surface area contributed by atoms with Crippen LogP contribution in [0.3, 0.4) is 0 Å². The Morgan fingerprint density at radius 1 is 1.00 bits per heavy atom. The van der Waals surface area contributed by atoms with E-state index in [0.29, 0.717) is 37.4 Å². The molecule has 0 unspecified atom stereocenters. The zero-order valence-corrected chi connectivity index (χ0v) is 19.0. The lowest BCUT2D eigenvalue weighted by Gasteiger charge is -2.30. The second-order valence-corrected chi connectivity index (χ2v) is 9.91. The summed E-state index contributed by atoms with van der Waals surface area (Å²) in [5.41, 5.74) is 2.10. The fraction of sp³-hybridized carbons (Fsp3) is 0.200. The average Bonchev–Trinajstić information content (AvgIpc) is 3.29. The second-order valence-electron chi connectivity index (χ2n) is 8.23. The van der Waals surface area contributed by atoms with Gasteiger partial charge in [-0.25, -0.2) is 17.8 Å². The summed E-state index contributed by atoms with van der Waals surface area (Å²) in [6.45, 7) is 1.04. The van der Waals surface area contributed by atoms with E-state index >= 15 is 0 Å². The molecule has 1 fully saturated rings. The molecule has 0 spiro atoms. The van der Waals surface area contributed by atoms with Crippen molar-refractivity contribution in [1.29, 1.82) is 0 Å². The third-order valence-electron chi connectivity index (χ3n) is 5.93. The van der Waals surface area contributed by atoms with Crippen molar-refractivity contribution in [2.45, 2.75) is 23.7 Å². The maximum atomic E-state index is 13.1. The number of carbonyl (C=O) groups excluding carboxylic acids is 1. The van der Waals surface area contributed by atoms with Gasteiger partial charge in [0.25, 0.3) is 15.9 Å². The number of oxazole rings is 1. The van der Waals surface area contributed by atoms with E-state index in [2.05, 4.69) is 9.71 Å². The highest BCUT2D eigenvalue weighted by Gasteiger charge is 2.28. The molecule has 0 bridgehead atoms. The lowest BCUT2D eigenvalue weighted by atomic mass is 9.96. The van der Waals surface area contributed by atoms with E-state index in [-0.39, 0.29) is 22.4 Å². The molecule has 4 aromatic rings. The number of aromatic nitrogens is 1. The Morgan fingerprint density at radius 2 is 1.74 bits per heavy atom. The zero-order chi connectivity index (χ0) is 23.7. The van der Waals surface area contributed by atoms with Crippen molar-refractivity contribution in [2.75, 3.05) is 17.8 Å². The van der Waals surface area contributed by atoms with Crippen LogP contribution < -0.4 is 4.72 Å². The van der Waals surface area contributed by atoms with Crippen LogP contribution in [0, 0.1) is 5.82 Å². The van der Waals surface area contributed by atoms with Gasteiger partial charge in [-0.3, -0.25) is 9.52 Å². The number of amides is 1. The van der Waals surface area contributed by atoms with E-state index in [1.807, 2.05) is 24.3 Å². The van der Waals surface area contributed by atoms with Crippen molar-refractivity contribution in [3.8, 4) is 0 Å². The Bertz CT molecular complexity index is 1410. The van der Waals surface area contributed by atoms with Crippen LogP contribution in [0.1, 0.15) is 35.0 Å². The molecule has 1 N–H and O–H groups in total. The number of halogens is 1. The topological polar surface area (TPSA) is 92.5 Å². The van der Waals surface area contributed by atoms with Crippen molar-refractivity contribution >= 4 is 32.7 Å². The molecule has 9 heteroatoms. The van der Waals surface area contributed by atoms with Crippen LogP contribution in [0.2, 0.25) is 0 Å². The van der Waals surface area contributed by atoms with Crippen molar-refractivity contribution < 1.29 is 22.0 Å². The highest BCUT2D eigenvalue weighted by Crippen LogP contribution is 2.30. The lowest BCUT2D eigenvalue weighted by Crippen LogP contribution is -2.38. The molecule has 1 aliphatic heterocycles. The number of carbonyl (C=O) groups is 1. The first kappa shape index (κ1) is 22.1. The number of para-hydroxylation sites is 2. The fourth-order valence-electron chi connectivity index (χ4n) is 4.11. The first-order valence-corrected chi connectivity index (χ1v) is 12.4. The molecule has 3 aromatic carbocycles. The average molecular weight is 480 g/mol. The van der Waals surface area contributed by atoms with Gasteiger partial charge in [0.15, 0.2) is 11.5 Å². The number of nitrogens with one attached hydrogen (secondary N) is 1. The largest absolute Gasteiger partial charge is 0.440 e. The van der Waals surface area contributed by atoms with Crippen LogP contribution in [0.25, 0.3) is 11.1 Å². The molecule has 1 aliphatic rings. The number of anilines is 1. The van der Waals surface area contributed by atoms with Crippen molar-refractivity contribution in [1.82, 2.24) is 9.88 Å². The van der Waals surface area contributed by atoms with E-state index in [4.69, 9.17) is 4.42 Å². The molecule has 0 aliphatic carbocycles. The number of likely N-dealkylation sites (tertiary alicyclic amines) is 1. The summed E-state index contributed by atoms with van der Waals surface area (Å²) < 4.78 is 46.9. The number of fused-ring (bicyclic) bond motifs is 1. The van der Waals surface area contributed by atoms with Crippen LogP contribution in [-0.4, -0.2) is 37.3 Å². The van der Waals surface area contributed by atoms with Crippen molar-refractivity contribution in [3.05, 3.63) is 90.1 Å². The number of piperidine rings is 1. The van der Waals surface area contributed by atoms with E-state index in [9.17, 15) is 17.6 Å². The SMILES string of the molecule is O=C(c1cccc(S(=O)(=O)Nc2ccc(F)cc2)c1)N1CCC(c2nc3ccccc3o2)CC1. The second kappa shape index (κ2) is 8.90. The summed E-state index contributed by atoms with van der Waals surface area (Å²) in [6.07, 6.45) is 1.42. The molecule has 0 radical (unpaired) electrons. The Morgan fingerprint density at radius 3 is 2.47 bits per heavy atom.